The normalized spacial score (nSPS) is 31.7. The first-order chi connectivity index (χ1) is 14.2. The van der Waals surface area contributed by atoms with Gasteiger partial charge in [0.1, 0.15) is 25.5 Å². The molecule has 0 N–H and O–H groups in total. The second kappa shape index (κ2) is 6.51. The number of aromatic nitrogens is 1. The zero-order valence-electron chi connectivity index (χ0n) is 16.4. The van der Waals surface area contributed by atoms with Crippen molar-refractivity contribution in [1.82, 2.24) is 5.16 Å². The zero-order chi connectivity index (χ0) is 19.4. The molecule has 4 fully saturated rings. The average Bonchev–Trinajstić information content (AvgIpc) is 3.20. The molecule has 1 aromatic heterocycles. The molecule has 4 aliphatic carbocycles. The second-order valence-corrected chi connectivity index (χ2v) is 9.31. The number of benzene rings is 1. The number of hydrogen-bond donors (Lipinski definition) is 0. The van der Waals surface area contributed by atoms with Crippen LogP contribution in [0.3, 0.4) is 0 Å². The summed E-state index contributed by atoms with van der Waals surface area (Å²) in [6, 6.07) is 7.51. The molecule has 1 aromatic carbocycles. The summed E-state index contributed by atoms with van der Waals surface area (Å²) in [7, 11) is 0. The molecule has 6 heteroatoms. The Bertz CT molecular complexity index is 913. The molecular weight excluding hydrogens is 370 g/mol. The third-order valence-electron chi connectivity index (χ3n) is 7.21. The fourth-order valence-corrected chi connectivity index (χ4v) is 6.37. The standard InChI is InChI=1S/C23H25NO5/c25-22(23-10-14-5-15(11-23)7-16(6-14)12-23)28-13-18-9-20(29-24-18)17-1-2-19-21(8-17)27-4-3-26-19/h1-2,8-9,14-16H,3-7,10-13H2. The van der Waals surface area contributed by atoms with E-state index in [1.807, 2.05) is 24.3 Å². The first kappa shape index (κ1) is 17.4. The summed E-state index contributed by atoms with van der Waals surface area (Å²) in [4.78, 5) is 13.0. The third-order valence-corrected chi connectivity index (χ3v) is 7.21. The first-order valence-corrected chi connectivity index (χ1v) is 10.7. The van der Waals surface area contributed by atoms with E-state index in [9.17, 15) is 4.79 Å². The van der Waals surface area contributed by atoms with Crippen molar-refractivity contribution in [3.05, 3.63) is 30.0 Å². The molecule has 0 atom stereocenters. The molecule has 7 rings (SSSR count). The number of esters is 1. The average molecular weight is 395 g/mol. The molecule has 0 spiro atoms. The largest absolute Gasteiger partial charge is 0.486 e. The lowest BCUT2D eigenvalue weighted by Crippen LogP contribution is -2.50. The molecule has 4 saturated carbocycles. The van der Waals surface area contributed by atoms with Crippen LogP contribution in [0.5, 0.6) is 11.5 Å². The van der Waals surface area contributed by atoms with E-state index in [0.717, 1.165) is 48.3 Å². The molecule has 29 heavy (non-hydrogen) atoms. The van der Waals surface area contributed by atoms with Gasteiger partial charge in [-0.05, 0) is 74.5 Å². The highest BCUT2D eigenvalue weighted by Gasteiger charge is 2.55. The van der Waals surface area contributed by atoms with Gasteiger partial charge in [-0.3, -0.25) is 4.79 Å². The van der Waals surface area contributed by atoms with Crippen LogP contribution in [0.15, 0.2) is 28.8 Å². The number of rotatable bonds is 4. The predicted octanol–water partition coefficient (Wildman–Crippen LogP) is 4.37. The molecule has 0 radical (unpaired) electrons. The first-order valence-electron chi connectivity index (χ1n) is 10.7. The highest BCUT2D eigenvalue weighted by atomic mass is 16.6. The summed E-state index contributed by atoms with van der Waals surface area (Å²) in [5.41, 5.74) is 1.25. The zero-order valence-corrected chi connectivity index (χ0v) is 16.4. The molecule has 2 heterocycles. The lowest BCUT2D eigenvalue weighted by atomic mass is 9.49. The fraction of sp³-hybridized carbons (Fsp3) is 0.565. The van der Waals surface area contributed by atoms with Crippen molar-refractivity contribution in [2.45, 2.75) is 45.1 Å². The van der Waals surface area contributed by atoms with Gasteiger partial charge in [0.2, 0.25) is 0 Å². The van der Waals surface area contributed by atoms with Gasteiger partial charge in [0.05, 0.1) is 5.41 Å². The molecule has 5 aliphatic rings. The van der Waals surface area contributed by atoms with E-state index in [0.29, 0.717) is 30.4 Å². The maximum Gasteiger partial charge on any atom is 0.312 e. The maximum absolute atomic E-state index is 13.0. The number of nitrogens with zero attached hydrogens (tertiary/aromatic N) is 1. The van der Waals surface area contributed by atoms with Crippen LogP contribution < -0.4 is 9.47 Å². The van der Waals surface area contributed by atoms with Crippen LogP contribution in [0, 0.1) is 23.2 Å². The minimum atomic E-state index is -0.239. The molecular formula is C23H25NO5. The Morgan fingerprint density at radius 1 is 1.00 bits per heavy atom. The van der Waals surface area contributed by atoms with Gasteiger partial charge in [0.25, 0.3) is 0 Å². The van der Waals surface area contributed by atoms with E-state index in [1.54, 1.807) is 0 Å². The van der Waals surface area contributed by atoms with Crippen molar-refractivity contribution >= 4 is 5.97 Å². The van der Waals surface area contributed by atoms with Crippen LogP contribution in [0.2, 0.25) is 0 Å². The molecule has 0 unspecified atom stereocenters. The number of fused-ring (bicyclic) bond motifs is 1. The Kier molecular flexibility index (Phi) is 3.90. The Morgan fingerprint density at radius 3 is 2.41 bits per heavy atom. The number of carbonyl (C=O) groups excluding carboxylic acids is 1. The van der Waals surface area contributed by atoms with Crippen molar-refractivity contribution in [2.75, 3.05) is 13.2 Å². The van der Waals surface area contributed by atoms with Crippen molar-refractivity contribution in [1.29, 1.82) is 0 Å². The molecule has 2 aromatic rings. The molecule has 0 amide bonds. The highest BCUT2D eigenvalue weighted by molar-refractivity contribution is 5.77. The summed E-state index contributed by atoms with van der Waals surface area (Å²) in [6.45, 7) is 1.26. The monoisotopic (exact) mass is 395 g/mol. The van der Waals surface area contributed by atoms with Crippen LogP contribution in [-0.2, 0) is 16.1 Å². The molecule has 1 aliphatic heterocycles. The van der Waals surface area contributed by atoms with Gasteiger partial charge in [-0.2, -0.15) is 0 Å². The second-order valence-electron chi connectivity index (χ2n) is 9.31. The quantitative estimate of drug-likeness (QED) is 0.716. The van der Waals surface area contributed by atoms with Gasteiger partial charge >= 0.3 is 5.97 Å². The number of carbonyl (C=O) groups is 1. The maximum atomic E-state index is 13.0. The highest BCUT2D eigenvalue weighted by Crippen LogP contribution is 2.60. The minimum absolute atomic E-state index is 0.0273. The van der Waals surface area contributed by atoms with E-state index in [-0.39, 0.29) is 18.0 Å². The van der Waals surface area contributed by atoms with Gasteiger partial charge in [0.15, 0.2) is 17.3 Å². The molecule has 0 saturated heterocycles. The SMILES string of the molecule is O=C(OCc1cc(-c2ccc3c(c2)OCCO3)on1)C12CC3CC(CC(C3)C1)C2. The Balaban J connectivity index is 1.14. The van der Waals surface area contributed by atoms with E-state index >= 15 is 0 Å². The molecule has 4 bridgehead atoms. The van der Waals surface area contributed by atoms with Crippen LogP contribution in [-0.4, -0.2) is 24.3 Å². The van der Waals surface area contributed by atoms with Gasteiger partial charge in [-0.15, -0.1) is 0 Å². The van der Waals surface area contributed by atoms with Crippen LogP contribution in [0.25, 0.3) is 11.3 Å². The molecule has 152 valence electrons. The topological polar surface area (TPSA) is 70.8 Å². The summed E-state index contributed by atoms with van der Waals surface area (Å²) in [5.74, 6) is 4.22. The summed E-state index contributed by atoms with van der Waals surface area (Å²) in [5, 5.41) is 4.10. The van der Waals surface area contributed by atoms with Gasteiger partial charge in [0, 0.05) is 11.6 Å². The van der Waals surface area contributed by atoms with Crippen LogP contribution in [0.4, 0.5) is 0 Å². The summed E-state index contributed by atoms with van der Waals surface area (Å²) < 4.78 is 22.4. The third kappa shape index (κ3) is 3.00. The van der Waals surface area contributed by atoms with E-state index in [1.165, 1.54) is 19.3 Å². The van der Waals surface area contributed by atoms with Crippen molar-refractivity contribution in [3.8, 4) is 22.8 Å². The lowest BCUT2D eigenvalue weighted by Gasteiger charge is -2.55. The minimum Gasteiger partial charge on any atom is -0.486 e. The van der Waals surface area contributed by atoms with Crippen molar-refractivity contribution < 1.29 is 23.5 Å². The van der Waals surface area contributed by atoms with Crippen LogP contribution in [0.1, 0.15) is 44.2 Å². The number of hydrogen-bond acceptors (Lipinski definition) is 6. The Hall–Kier alpha value is -2.50. The lowest BCUT2D eigenvalue weighted by molar-refractivity contribution is -0.173. The smallest absolute Gasteiger partial charge is 0.312 e. The number of ether oxygens (including phenoxy) is 3. The fourth-order valence-electron chi connectivity index (χ4n) is 6.37. The van der Waals surface area contributed by atoms with Gasteiger partial charge in [-0.1, -0.05) is 5.16 Å². The van der Waals surface area contributed by atoms with E-state index in [4.69, 9.17) is 18.7 Å². The Labute approximate surface area is 169 Å². The van der Waals surface area contributed by atoms with E-state index in [2.05, 4.69) is 5.16 Å². The van der Waals surface area contributed by atoms with Crippen LogP contribution >= 0.6 is 0 Å². The Morgan fingerprint density at radius 2 is 1.69 bits per heavy atom. The molecule has 6 nitrogen and oxygen atoms in total. The van der Waals surface area contributed by atoms with Crippen molar-refractivity contribution in [2.24, 2.45) is 23.2 Å². The van der Waals surface area contributed by atoms with Gasteiger partial charge in [-0.25, -0.2) is 0 Å². The van der Waals surface area contributed by atoms with Crippen molar-refractivity contribution in [3.63, 3.8) is 0 Å². The predicted molar refractivity (Wildman–Crippen MR) is 103 cm³/mol. The summed E-state index contributed by atoms with van der Waals surface area (Å²) >= 11 is 0. The van der Waals surface area contributed by atoms with E-state index < -0.39 is 0 Å². The summed E-state index contributed by atoms with van der Waals surface area (Å²) in [6.07, 6.45) is 6.98. The van der Waals surface area contributed by atoms with Gasteiger partial charge < -0.3 is 18.7 Å².